The number of nitrogens with one attached hydrogen (secondary N) is 2. The lowest BCUT2D eigenvalue weighted by Gasteiger charge is -2.35. The van der Waals surface area contributed by atoms with Crippen LogP contribution in [-0.4, -0.2) is 44.9 Å². The van der Waals surface area contributed by atoms with Gasteiger partial charge in [0.1, 0.15) is 0 Å². The number of nitrogen functional groups attached to an aromatic ring is 1. The lowest BCUT2D eigenvalue weighted by molar-refractivity contribution is 0.190. The molecule has 20 heavy (non-hydrogen) atoms. The molecule has 1 fully saturated rings. The maximum absolute atomic E-state index is 5.47. The average Bonchev–Trinajstić information content (AvgIpc) is 2.91. The molecule has 7 nitrogen and oxygen atoms in total. The van der Waals surface area contributed by atoms with Crippen LogP contribution in [0.5, 0.6) is 0 Å². The van der Waals surface area contributed by atoms with Crippen molar-refractivity contribution in [3.8, 4) is 0 Å². The van der Waals surface area contributed by atoms with Gasteiger partial charge in [0.25, 0.3) is 0 Å². The molecule has 0 radical (unpaired) electrons. The van der Waals surface area contributed by atoms with Crippen LogP contribution in [0.4, 0.5) is 11.6 Å². The number of hydrogen-bond acceptors (Lipinski definition) is 6. The molecule has 4 N–H and O–H groups in total. The number of fused-ring (bicyclic) bond motifs is 1. The number of nitrogens with two attached hydrogens (primary N) is 1. The Kier molecular flexibility index (Phi) is 3.45. The number of imidazole rings is 1. The van der Waals surface area contributed by atoms with Crippen LogP contribution in [0, 0.1) is 0 Å². The van der Waals surface area contributed by atoms with Crippen molar-refractivity contribution in [3.63, 3.8) is 0 Å². The minimum atomic E-state index is 0.419. The fraction of sp³-hybridized carbons (Fsp3) is 0.538. The first-order valence-electron chi connectivity index (χ1n) is 6.94. The molecule has 0 saturated carbocycles. The Bertz CT molecular complexity index is 593. The number of aromatic nitrogens is 3. The molecule has 1 aliphatic heterocycles. The van der Waals surface area contributed by atoms with E-state index in [-0.39, 0.29) is 0 Å². The lowest BCUT2D eigenvalue weighted by atomic mass is 9.99. The summed E-state index contributed by atoms with van der Waals surface area (Å²) in [6.45, 7) is 3.35. The minimum Gasteiger partial charge on any atom is -0.364 e. The quantitative estimate of drug-likeness (QED) is 0.570. The fourth-order valence-corrected chi connectivity index (χ4v) is 2.71. The summed E-state index contributed by atoms with van der Waals surface area (Å²) in [7, 11) is 2.17. The van der Waals surface area contributed by atoms with Crippen LogP contribution in [-0.2, 0) is 0 Å². The van der Waals surface area contributed by atoms with Gasteiger partial charge < -0.3 is 20.0 Å². The summed E-state index contributed by atoms with van der Waals surface area (Å²) in [5, 5.41) is 3.52. The van der Waals surface area contributed by atoms with E-state index in [9.17, 15) is 0 Å². The standard InChI is InChI=1S/C13H21N7/c1-9-7-10(3-5-19(9)2)16-12-13-15-4-6-20(13)8-11(17-12)18-14/h4,6,8-10,18H,3,5,7,14H2,1-2H3,(H,16,17). The summed E-state index contributed by atoms with van der Waals surface area (Å²) in [5.41, 5.74) is 3.42. The van der Waals surface area contributed by atoms with Gasteiger partial charge in [0, 0.05) is 31.0 Å². The van der Waals surface area contributed by atoms with Crippen LogP contribution in [0.25, 0.3) is 5.65 Å². The van der Waals surface area contributed by atoms with Crippen LogP contribution in [0.15, 0.2) is 18.6 Å². The van der Waals surface area contributed by atoms with Gasteiger partial charge in [0.2, 0.25) is 0 Å². The van der Waals surface area contributed by atoms with Crippen LogP contribution >= 0.6 is 0 Å². The highest BCUT2D eigenvalue weighted by Crippen LogP contribution is 2.22. The minimum absolute atomic E-state index is 0.419. The largest absolute Gasteiger partial charge is 0.364 e. The maximum Gasteiger partial charge on any atom is 0.180 e. The molecule has 3 heterocycles. The molecule has 0 bridgehead atoms. The molecule has 7 heteroatoms. The van der Waals surface area contributed by atoms with E-state index in [4.69, 9.17) is 5.84 Å². The second kappa shape index (κ2) is 5.26. The van der Waals surface area contributed by atoms with Crippen molar-refractivity contribution < 1.29 is 0 Å². The molecule has 2 atom stereocenters. The Morgan fingerprint density at radius 2 is 2.30 bits per heavy atom. The molecule has 1 saturated heterocycles. The van der Waals surface area contributed by atoms with Crippen LogP contribution < -0.4 is 16.6 Å². The zero-order valence-electron chi connectivity index (χ0n) is 11.9. The van der Waals surface area contributed by atoms with Gasteiger partial charge in [-0.1, -0.05) is 0 Å². The highest BCUT2D eigenvalue weighted by molar-refractivity contribution is 5.65. The number of hydrogen-bond donors (Lipinski definition) is 3. The molecule has 2 unspecified atom stereocenters. The summed E-state index contributed by atoms with van der Waals surface area (Å²) in [6, 6.07) is 0.995. The second-order valence-electron chi connectivity index (χ2n) is 5.47. The third kappa shape index (κ3) is 2.41. The van der Waals surface area contributed by atoms with Crippen molar-refractivity contribution in [1.82, 2.24) is 19.3 Å². The normalized spacial score (nSPS) is 23.9. The third-order valence-corrected chi connectivity index (χ3v) is 4.07. The predicted octanol–water partition coefficient (Wildman–Crippen LogP) is 0.909. The van der Waals surface area contributed by atoms with E-state index in [1.54, 1.807) is 6.20 Å². The number of anilines is 2. The lowest BCUT2D eigenvalue weighted by Crippen LogP contribution is -2.42. The van der Waals surface area contributed by atoms with E-state index >= 15 is 0 Å². The molecule has 0 aliphatic carbocycles. The SMILES string of the molecule is CC1CC(Nc2nc(NN)cn3ccnc23)CCN1C. The number of piperidine rings is 1. The van der Waals surface area contributed by atoms with E-state index in [1.807, 2.05) is 16.8 Å². The molecule has 0 spiro atoms. The van der Waals surface area contributed by atoms with Crippen LogP contribution in [0.1, 0.15) is 19.8 Å². The van der Waals surface area contributed by atoms with E-state index in [1.165, 1.54) is 0 Å². The van der Waals surface area contributed by atoms with Crippen LogP contribution in [0.2, 0.25) is 0 Å². The van der Waals surface area contributed by atoms with Gasteiger partial charge in [-0.15, -0.1) is 0 Å². The van der Waals surface area contributed by atoms with Crippen molar-refractivity contribution in [2.24, 2.45) is 5.84 Å². The van der Waals surface area contributed by atoms with E-state index in [0.717, 1.165) is 30.9 Å². The molecule has 0 aromatic carbocycles. The van der Waals surface area contributed by atoms with E-state index < -0.39 is 0 Å². The van der Waals surface area contributed by atoms with Crippen molar-refractivity contribution in [1.29, 1.82) is 0 Å². The fourth-order valence-electron chi connectivity index (χ4n) is 2.71. The van der Waals surface area contributed by atoms with E-state index in [2.05, 4.69) is 39.6 Å². The van der Waals surface area contributed by atoms with Crippen molar-refractivity contribution in [3.05, 3.63) is 18.6 Å². The Hall–Kier alpha value is -1.86. The van der Waals surface area contributed by atoms with Crippen LogP contribution in [0.3, 0.4) is 0 Å². The number of rotatable bonds is 3. The smallest absolute Gasteiger partial charge is 0.180 e. The molecule has 108 valence electrons. The molecule has 2 aromatic rings. The summed E-state index contributed by atoms with van der Waals surface area (Å²) in [6.07, 6.45) is 7.69. The predicted molar refractivity (Wildman–Crippen MR) is 79.5 cm³/mol. The zero-order valence-corrected chi connectivity index (χ0v) is 11.9. The van der Waals surface area contributed by atoms with Gasteiger partial charge in [0.05, 0.1) is 6.20 Å². The van der Waals surface area contributed by atoms with E-state index in [0.29, 0.717) is 17.9 Å². The Morgan fingerprint density at radius 1 is 1.45 bits per heavy atom. The molecular formula is C13H21N7. The third-order valence-electron chi connectivity index (χ3n) is 4.07. The van der Waals surface area contributed by atoms with Gasteiger partial charge in [-0.05, 0) is 26.8 Å². The summed E-state index contributed by atoms with van der Waals surface area (Å²) in [5.74, 6) is 6.88. The van der Waals surface area contributed by atoms with Gasteiger partial charge in [-0.25, -0.2) is 15.8 Å². The first kappa shape index (κ1) is 13.1. The molecule has 2 aromatic heterocycles. The molecular weight excluding hydrogens is 254 g/mol. The topological polar surface area (TPSA) is 83.5 Å². The highest BCUT2D eigenvalue weighted by atomic mass is 15.3. The Morgan fingerprint density at radius 3 is 3.05 bits per heavy atom. The van der Waals surface area contributed by atoms with Gasteiger partial charge in [0.15, 0.2) is 17.3 Å². The van der Waals surface area contributed by atoms with Gasteiger partial charge in [-0.2, -0.15) is 0 Å². The molecule has 3 rings (SSSR count). The highest BCUT2D eigenvalue weighted by Gasteiger charge is 2.23. The number of hydrazine groups is 1. The van der Waals surface area contributed by atoms with Crippen molar-refractivity contribution in [2.45, 2.75) is 31.8 Å². The van der Waals surface area contributed by atoms with Gasteiger partial charge in [-0.3, -0.25) is 0 Å². The number of likely N-dealkylation sites (tertiary alicyclic amines) is 1. The summed E-state index contributed by atoms with van der Waals surface area (Å²) >= 11 is 0. The Labute approximate surface area is 118 Å². The van der Waals surface area contributed by atoms with Crippen molar-refractivity contribution in [2.75, 3.05) is 24.3 Å². The second-order valence-corrected chi connectivity index (χ2v) is 5.47. The summed E-state index contributed by atoms with van der Waals surface area (Å²) < 4.78 is 1.92. The Balaban J connectivity index is 1.85. The first-order valence-corrected chi connectivity index (χ1v) is 6.94. The van der Waals surface area contributed by atoms with Gasteiger partial charge >= 0.3 is 0 Å². The monoisotopic (exact) mass is 275 g/mol. The van der Waals surface area contributed by atoms with Crippen molar-refractivity contribution >= 4 is 17.3 Å². The average molecular weight is 275 g/mol. The number of nitrogens with zero attached hydrogens (tertiary/aromatic N) is 4. The first-order chi connectivity index (χ1) is 9.67. The summed E-state index contributed by atoms with van der Waals surface area (Å²) in [4.78, 5) is 11.2. The molecule has 1 aliphatic rings. The zero-order chi connectivity index (χ0) is 14.1. The maximum atomic E-state index is 5.47. The molecule has 0 amide bonds.